The predicted octanol–water partition coefficient (Wildman–Crippen LogP) is 5.98. The van der Waals surface area contributed by atoms with E-state index in [2.05, 4.69) is 40.9 Å². The summed E-state index contributed by atoms with van der Waals surface area (Å²) in [5.74, 6) is 1.35. The summed E-state index contributed by atoms with van der Waals surface area (Å²) in [5, 5.41) is 13.8. The topological polar surface area (TPSA) is 47.7 Å². The summed E-state index contributed by atoms with van der Waals surface area (Å²) in [7, 11) is 0. The summed E-state index contributed by atoms with van der Waals surface area (Å²) in [6.07, 6.45) is 2.00. The molecule has 0 radical (unpaired) electrons. The minimum atomic E-state index is -0.420. The first-order chi connectivity index (χ1) is 14.2. The Labute approximate surface area is 179 Å². The zero-order chi connectivity index (χ0) is 21.4. The van der Waals surface area contributed by atoms with Crippen LogP contribution < -0.4 is 5.32 Å². The second-order valence-corrected chi connectivity index (χ2v) is 8.81. The van der Waals surface area contributed by atoms with Gasteiger partial charge in [-0.25, -0.2) is 4.39 Å². The molecule has 2 aromatic carbocycles. The predicted molar refractivity (Wildman–Crippen MR) is 119 cm³/mol. The Morgan fingerprint density at radius 1 is 1.13 bits per heavy atom. The van der Waals surface area contributed by atoms with Crippen LogP contribution >= 0.6 is 11.6 Å². The molecule has 0 saturated carbocycles. The number of nitrogens with zero attached hydrogens (tertiary/aromatic N) is 4. The molecule has 1 aliphatic heterocycles. The fourth-order valence-corrected chi connectivity index (χ4v) is 4.82. The Morgan fingerprint density at radius 2 is 1.90 bits per heavy atom. The van der Waals surface area contributed by atoms with E-state index >= 15 is 0 Å². The molecule has 154 valence electrons. The zero-order valence-corrected chi connectivity index (χ0v) is 18.4. The lowest BCUT2D eigenvalue weighted by Crippen LogP contribution is -2.36. The third-order valence-electron chi connectivity index (χ3n) is 6.04. The van der Waals surface area contributed by atoms with Crippen LogP contribution in [-0.4, -0.2) is 19.3 Å². The molecular weight excluding hydrogens is 401 g/mol. The monoisotopic (exact) mass is 423 g/mol. The van der Waals surface area contributed by atoms with E-state index in [1.54, 1.807) is 12.1 Å². The van der Waals surface area contributed by atoms with Gasteiger partial charge >= 0.3 is 0 Å². The minimum Gasteiger partial charge on any atom is -0.370 e. The van der Waals surface area contributed by atoms with Gasteiger partial charge in [0.2, 0.25) is 0 Å². The molecule has 3 heterocycles. The van der Waals surface area contributed by atoms with E-state index in [-0.39, 0.29) is 5.82 Å². The molecule has 0 atom stereocenters. The number of nitrogens with one attached hydrogen (secondary N) is 1. The second-order valence-electron chi connectivity index (χ2n) is 8.40. The largest absolute Gasteiger partial charge is 0.370 e. The number of hydrogen-bond acceptors (Lipinski definition) is 3. The van der Waals surface area contributed by atoms with Crippen molar-refractivity contribution in [3.8, 4) is 16.8 Å². The highest BCUT2D eigenvalue weighted by atomic mass is 35.5. The van der Waals surface area contributed by atoms with Gasteiger partial charge in [-0.05, 0) is 75.6 Å². The van der Waals surface area contributed by atoms with Gasteiger partial charge < -0.3 is 9.88 Å². The second kappa shape index (κ2) is 6.32. The van der Waals surface area contributed by atoms with Crippen LogP contribution in [0.1, 0.15) is 38.0 Å². The smallest absolute Gasteiger partial charge is 0.162 e. The standard InChI is InChI=1S/C23H23ClFN5/c1-6-29-8-7-15-17(9-14(25)10-19(15)29)16-11-18(24)20-21(12(16)2)30-13(3)27-28-22(30)23(4,5)26-20/h7-11,26H,6H2,1-5H3. The van der Waals surface area contributed by atoms with Crippen LogP contribution in [0.3, 0.4) is 0 Å². The number of hydrogen-bond donors (Lipinski definition) is 1. The van der Waals surface area contributed by atoms with E-state index in [0.717, 1.165) is 57.2 Å². The van der Waals surface area contributed by atoms with Crippen LogP contribution in [0.4, 0.5) is 10.1 Å². The van der Waals surface area contributed by atoms with Crippen molar-refractivity contribution in [2.24, 2.45) is 0 Å². The van der Waals surface area contributed by atoms with Crippen LogP contribution in [0.15, 0.2) is 30.5 Å². The number of fused-ring (bicyclic) bond motifs is 4. The lowest BCUT2D eigenvalue weighted by Gasteiger charge is -2.35. The number of benzene rings is 2. The van der Waals surface area contributed by atoms with E-state index in [4.69, 9.17) is 11.6 Å². The fourth-order valence-electron chi connectivity index (χ4n) is 4.58. The zero-order valence-electron chi connectivity index (χ0n) is 17.6. The SMILES string of the molecule is CCn1ccc2c(-c3cc(Cl)c4c(c3C)-n3c(C)nnc3C(C)(C)N4)cc(F)cc21. The maximum Gasteiger partial charge on any atom is 0.162 e. The number of rotatable bonds is 2. The molecular formula is C23H23ClFN5. The molecule has 0 spiro atoms. The fraction of sp³-hybridized carbons (Fsp3) is 0.304. The molecule has 1 N–H and O–H groups in total. The maximum atomic E-state index is 14.6. The maximum absolute atomic E-state index is 14.6. The van der Waals surface area contributed by atoms with Crippen LogP contribution in [0.25, 0.3) is 27.7 Å². The molecule has 1 aliphatic rings. The summed E-state index contributed by atoms with van der Waals surface area (Å²) < 4.78 is 18.7. The Bertz CT molecular complexity index is 1330. The Balaban J connectivity index is 1.85. The van der Waals surface area contributed by atoms with Crippen molar-refractivity contribution in [1.82, 2.24) is 19.3 Å². The van der Waals surface area contributed by atoms with Gasteiger partial charge in [0, 0.05) is 18.1 Å². The van der Waals surface area contributed by atoms with Crippen LogP contribution in [0, 0.1) is 19.7 Å². The summed E-state index contributed by atoms with van der Waals surface area (Å²) in [6.45, 7) is 10.9. The highest BCUT2D eigenvalue weighted by molar-refractivity contribution is 6.34. The van der Waals surface area contributed by atoms with Crippen molar-refractivity contribution in [3.63, 3.8) is 0 Å². The van der Waals surface area contributed by atoms with E-state index in [0.29, 0.717) is 5.02 Å². The first-order valence-corrected chi connectivity index (χ1v) is 10.4. The molecule has 5 rings (SSSR count). The van der Waals surface area contributed by atoms with Gasteiger partial charge in [0.1, 0.15) is 11.6 Å². The van der Waals surface area contributed by atoms with Gasteiger partial charge in [0.15, 0.2) is 5.82 Å². The minimum absolute atomic E-state index is 0.264. The van der Waals surface area contributed by atoms with Crippen LogP contribution in [-0.2, 0) is 12.1 Å². The average molecular weight is 424 g/mol. The quantitative estimate of drug-likeness (QED) is 0.431. The van der Waals surface area contributed by atoms with Gasteiger partial charge in [-0.1, -0.05) is 11.6 Å². The molecule has 0 saturated heterocycles. The first kappa shape index (κ1) is 19.1. The highest BCUT2D eigenvalue weighted by Crippen LogP contribution is 2.46. The molecule has 2 aromatic heterocycles. The van der Waals surface area contributed by atoms with E-state index < -0.39 is 5.54 Å². The van der Waals surface area contributed by atoms with Crippen molar-refractivity contribution < 1.29 is 4.39 Å². The third-order valence-corrected chi connectivity index (χ3v) is 6.33. The van der Waals surface area contributed by atoms with Crippen molar-refractivity contribution in [2.75, 3.05) is 5.32 Å². The molecule has 30 heavy (non-hydrogen) atoms. The van der Waals surface area contributed by atoms with Crippen molar-refractivity contribution in [2.45, 2.75) is 46.7 Å². The Morgan fingerprint density at radius 3 is 2.63 bits per heavy atom. The molecule has 0 amide bonds. The molecule has 0 aliphatic carbocycles. The highest BCUT2D eigenvalue weighted by Gasteiger charge is 2.36. The summed E-state index contributed by atoms with van der Waals surface area (Å²) in [5.41, 5.74) is 4.95. The van der Waals surface area contributed by atoms with Gasteiger partial charge in [-0.3, -0.25) is 4.57 Å². The van der Waals surface area contributed by atoms with E-state index in [1.807, 2.05) is 36.7 Å². The summed E-state index contributed by atoms with van der Waals surface area (Å²) >= 11 is 6.79. The van der Waals surface area contributed by atoms with Gasteiger partial charge in [0.05, 0.1) is 27.5 Å². The first-order valence-electron chi connectivity index (χ1n) is 10.1. The Kier molecular flexibility index (Phi) is 4.03. The number of aryl methyl sites for hydroxylation is 2. The number of halogens is 2. The number of aromatic nitrogens is 4. The lowest BCUT2D eigenvalue weighted by molar-refractivity contribution is 0.535. The molecule has 0 unspecified atom stereocenters. The van der Waals surface area contributed by atoms with Crippen LogP contribution in [0.2, 0.25) is 5.02 Å². The van der Waals surface area contributed by atoms with Crippen molar-refractivity contribution in [1.29, 1.82) is 0 Å². The lowest BCUT2D eigenvalue weighted by atomic mass is 9.92. The van der Waals surface area contributed by atoms with Crippen molar-refractivity contribution >= 4 is 28.2 Å². The van der Waals surface area contributed by atoms with E-state index in [9.17, 15) is 4.39 Å². The third kappa shape index (κ3) is 2.53. The Hall–Kier alpha value is -2.86. The summed E-state index contributed by atoms with van der Waals surface area (Å²) in [4.78, 5) is 0. The number of anilines is 1. The molecule has 7 heteroatoms. The van der Waals surface area contributed by atoms with Crippen molar-refractivity contribution in [3.05, 3.63) is 58.5 Å². The van der Waals surface area contributed by atoms with Crippen LogP contribution in [0.5, 0.6) is 0 Å². The van der Waals surface area contributed by atoms with Gasteiger partial charge in [-0.15, -0.1) is 10.2 Å². The van der Waals surface area contributed by atoms with Gasteiger partial charge in [-0.2, -0.15) is 0 Å². The normalized spacial score (nSPS) is 14.5. The molecule has 0 fully saturated rings. The molecule has 4 aromatic rings. The molecule has 5 nitrogen and oxygen atoms in total. The molecule has 0 bridgehead atoms. The van der Waals surface area contributed by atoms with Gasteiger partial charge in [0.25, 0.3) is 0 Å². The van der Waals surface area contributed by atoms with E-state index in [1.165, 1.54) is 0 Å². The summed E-state index contributed by atoms with van der Waals surface area (Å²) in [6, 6.07) is 7.15. The average Bonchev–Trinajstić information content (AvgIpc) is 3.28.